The van der Waals surface area contributed by atoms with Gasteiger partial charge >= 0.3 is 0 Å². The summed E-state index contributed by atoms with van der Waals surface area (Å²) in [4.78, 5) is 0.669. The minimum Gasteiger partial charge on any atom is -0.331 e. The van der Waals surface area contributed by atoms with Gasteiger partial charge in [-0.25, -0.2) is 4.68 Å². The third kappa shape index (κ3) is 3.41. The molecular weight excluding hydrogens is 338 g/mol. The first-order chi connectivity index (χ1) is 12.8. The molecule has 0 aliphatic rings. The van der Waals surface area contributed by atoms with Crippen molar-refractivity contribution in [2.45, 2.75) is 0 Å². The molecule has 0 bridgehead atoms. The fraction of sp³-hybridized carbons (Fsp3) is 0. The minimum absolute atomic E-state index is 0.669. The van der Waals surface area contributed by atoms with E-state index in [2.05, 4.69) is 17.4 Å². The molecule has 3 aromatic carbocycles. The second kappa shape index (κ2) is 7.33. The van der Waals surface area contributed by atoms with Gasteiger partial charge < -0.3 is 5.32 Å². The van der Waals surface area contributed by atoms with Gasteiger partial charge in [0.2, 0.25) is 0 Å². The van der Waals surface area contributed by atoms with Gasteiger partial charge in [-0.05, 0) is 12.1 Å². The van der Waals surface area contributed by atoms with Crippen LogP contribution >= 0.6 is 12.2 Å². The average molecular weight is 355 g/mol. The average Bonchev–Trinajstić information content (AvgIpc) is 3.14. The maximum atomic E-state index is 5.59. The van der Waals surface area contributed by atoms with E-state index in [0.717, 1.165) is 28.3 Å². The molecule has 0 aliphatic heterocycles. The summed E-state index contributed by atoms with van der Waals surface area (Å²) in [7, 11) is 0. The lowest BCUT2D eigenvalue weighted by Gasteiger charge is -2.10. The molecule has 0 spiro atoms. The van der Waals surface area contributed by atoms with E-state index in [9.17, 15) is 0 Å². The lowest BCUT2D eigenvalue weighted by atomic mass is 10.1. The summed E-state index contributed by atoms with van der Waals surface area (Å²) in [6, 6.07) is 32.1. The van der Waals surface area contributed by atoms with E-state index >= 15 is 0 Å². The Hall–Kier alpha value is -3.24. The number of aromatic nitrogens is 2. The molecule has 3 nitrogen and oxygen atoms in total. The molecule has 4 aromatic rings. The van der Waals surface area contributed by atoms with Crippen molar-refractivity contribution < 1.29 is 0 Å². The first-order valence-corrected chi connectivity index (χ1v) is 8.79. The molecule has 0 aliphatic carbocycles. The van der Waals surface area contributed by atoms with Crippen LogP contribution in [0.4, 0.5) is 5.82 Å². The quantitative estimate of drug-likeness (QED) is 0.502. The molecule has 126 valence electrons. The summed E-state index contributed by atoms with van der Waals surface area (Å²) in [6.07, 6.45) is 0. The van der Waals surface area contributed by atoms with E-state index in [1.54, 1.807) is 0 Å². The van der Waals surface area contributed by atoms with Crippen LogP contribution in [-0.4, -0.2) is 14.8 Å². The van der Waals surface area contributed by atoms with E-state index in [0.29, 0.717) is 4.99 Å². The van der Waals surface area contributed by atoms with Crippen molar-refractivity contribution in [1.29, 1.82) is 0 Å². The van der Waals surface area contributed by atoms with Crippen LogP contribution in [-0.2, 0) is 0 Å². The number of nitrogens with zero attached hydrogens (tertiary/aromatic N) is 2. The fourth-order valence-corrected chi connectivity index (χ4v) is 3.00. The van der Waals surface area contributed by atoms with Gasteiger partial charge in [0.1, 0.15) is 10.8 Å². The molecule has 1 aromatic heterocycles. The molecule has 26 heavy (non-hydrogen) atoms. The smallest absolute Gasteiger partial charge is 0.135 e. The number of rotatable bonds is 4. The second-order valence-corrected chi connectivity index (χ2v) is 6.26. The number of nitrogens with one attached hydrogen (secondary N) is 1. The van der Waals surface area contributed by atoms with Crippen LogP contribution < -0.4 is 5.32 Å². The summed E-state index contributed by atoms with van der Waals surface area (Å²) in [5.41, 5.74) is 3.92. The van der Waals surface area contributed by atoms with Gasteiger partial charge in [-0.3, -0.25) is 0 Å². The zero-order valence-corrected chi connectivity index (χ0v) is 14.9. The Bertz CT molecular complexity index is 1010. The summed E-state index contributed by atoms with van der Waals surface area (Å²) in [5.74, 6) is 0.837. The number of hydrogen-bond donors (Lipinski definition) is 1. The summed E-state index contributed by atoms with van der Waals surface area (Å²) < 4.78 is 1.89. The van der Waals surface area contributed by atoms with Crippen LogP contribution in [0, 0.1) is 0 Å². The third-order valence-electron chi connectivity index (χ3n) is 4.06. The van der Waals surface area contributed by atoms with Crippen molar-refractivity contribution in [3.05, 3.63) is 103 Å². The van der Waals surface area contributed by atoms with E-state index in [1.165, 1.54) is 0 Å². The Morgan fingerprint density at radius 3 is 2.00 bits per heavy atom. The summed E-state index contributed by atoms with van der Waals surface area (Å²) in [6.45, 7) is 0. The van der Waals surface area contributed by atoms with Crippen molar-refractivity contribution in [3.63, 3.8) is 0 Å². The van der Waals surface area contributed by atoms with E-state index in [4.69, 9.17) is 17.3 Å². The highest BCUT2D eigenvalue weighted by atomic mass is 32.1. The highest BCUT2D eigenvalue weighted by Gasteiger charge is 2.13. The van der Waals surface area contributed by atoms with Crippen molar-refractivity contribution >= 4 is 23.0 Å². The van der Waals surface area contributed by atoms with Crippen LogP contribution in [0.1, 0.15) is 5.56 Å². The van der Waals surface area contributed by atoms with Crippen LogP contribution in [0.3, 0.4) is 0 Å². The Balaban J connectivity index is 1.75. The topological polar surface area (TPSA) is 29.9 Å². The lowest BCUT2D eigenvalue weighted by Crippen LogP contribution is -2.13. The monoisotopic (exact) mass is 355 g/mol. The molecule has 0 amide bonds. The predicted molar refractivity (Wildman–Crippen MR) is 111 cm³/mol. The Labute approximate surface area is 157 Å². The predicted octanol–water partition coefficient (Wildman–Crippen LogP) is 5.33. The van der Waals surface area contributed by atoms with Gasteiger partial charge in [-0.2, -0.15) is 5.10 Å². The molecule has 0 unspecified atom stereocenters. The summed E-state index contributed by atoms with van der Waals surface area (Å²) in [5, 5.41) is 8.14. The van der Waals surface area contributed by atoms with Crippen LogP contribution in [0.5, 0.6) is 0 Å². The Kier molecular flexibility index (Phi) is 4.58. The number of thiocarbonyl (C=S) groups is 1. The van der Waals surface area contributed by atoms with Crippen molar-refractivity contribution in [1.82, 2.24) is 9.78 Å². The first-order valence-electron chi connectivity index (χ1n) is 8.38. The molecule has 0 saturated heterocycles. The molecule has 0 fully saturated rings. The van der Waals surface area contributed by atoms with Gasteiger partial charge in [-0.1, -0.05) is 91.1 Å². The number of anilines is 1. The van der Waals surface area contributed by atoms with Crippen LogP contribution in [0.15, 0.2) is 97.1 Å². The van der Waals surface area contributed by atoms with Gasteiger partial charge in [0.25, 0.3) is 0 Å². The molecule has 4 rings (SSSR count). The van der Waals surface area contributed by atoms with Crippen molar-refractivity contribution in [2.24, 2.45) is 0 Å². The van der Waals surface area contributed by atoms with Gasteiger partial charge in [0.15, 0.2) is 0 Å². The molecule has 1 heterocycles. The first kappa shape index (κ1) is 16.2. The number of benzene rings is 3. The maximum absolute atomic E-state index is 5.59. The van der Waals surface area contributed by atoms with Gasteiger partial charge in [0.05, 0.1) is 11.4 Å². The minimum atomic E-state index is 0.669. The van der Waals surface area contributed by atoms with Gasteiger partial charge in [0, 0.05) is 17.2 Å². The Morgan fingerprint density at radius 1 is 0.769 bits per heavy atom. The largest absolute Gasteiger partial charge is 0.331 e. The molecule has 0 radical (unpaired) electrons. The normalized spacial score (nSPS) is 10.5. The fourth-order valence-electron chi connectivity index (χ4n) is 2.76. The molecular formula is C22H17N3S. The number of hydrogen-bond acceptors (Lipinski definition) is 2. The maximum Gasteiger partial charge on any atom is 0.135 e. The molecule has 4 heteroatoms. The van der Waals surface area contributed by atoms with Crippen molar-refractivity contribution in [3.8, 4) is 16.9 Å². The standard InChI is InChI=1S/C22H17N3S/c26-22(18-12-6-2-7-13-18)23-21-16-20(17-10-4-1-5-11-17)24-25(21)19-14-8-3-9-15-19/h1-16H,(H,23,26). The van der Waals surface area contributed by atoms with Gasteiger partial charge in [-0.15, -0.1) is 0 Å². The molecule has 0 saturated carbocycles. The zero-order valence-electron chi connectivity index (χ0n) is 14.0. The molecule has 0 atom stereocenters. The highest BCUT2D eigenvalue weighted by Crippen LogP contribution is 2.25. The second-order valence-electron chi connectivity index (χ2n) is 5.85. The number of para-hydroxylation sites is 1. The van der Waals surface area contributed by atoms with Crippen molar-refractivity contribution in [2.75, 3.05) is 5.32 Å². The van der Waals surface area contributed by atoms with E-state index in [-0.39, 0.29) is 0 Å². The van der Waals surface area contributed by atoms with E-state index < -0.39 is 0 Å². The third-order valence-corrected chi connectivity index (χ3v) is 4.40. The zero-order chi connectivity index (χ0) is 17.8. The molecule has 1 N–H and O–H groups in total. The Morgan fingerprint density at radius 2 is 1.35 bits per heavy atom. The summed E-state index contributed by atoms with van der Waals surface area (Å²) >= 11 is 5.59. The highest BCUT2D eigenvalue weighted by molar-refractivity contribution is 7.81. The van der Waals surface area contributed by atoms with E-state index in [1.807, 2.05) is 89.6 Å². The SMILES string of the molecule is S=C(Nc1cc(-c2ccccc2)nn1-c1ccccc1)c1ccccc1. The van der Waals surface area contributed by atoms with Crippen LogP contribution in [0.25, 0.3) is 16.9 Å². The lowest BCUT2D eigenvalue weighted by molar-refractivity contribution is 0.894. The van der Waals surface area contributed by atoms with Crippen LogP contribution in [0.2, 0.25) is 0 Å².